The summed E-state index contributed by atoms with van der Waals surface area (Å²) >= 11 is 6.24. The van der Waals surface area contributed by atoms with Crippen molar-refractivity contribution in [1.82, 2.24) is 19.5 Å². The number of rotatable bonds is 4. The molecule has 0 aliphatic carbocycles. The van der Waals surface area contributed by atoms with E-state index in [4.69, 9.17) is 30.5 Å². The molecule has 0 spiro atoms. The Morgan fingerprint density at radius 2 is 1.97 bits per heavy atom. The van der Waals surface area contributed by atoms with Crippen molar-refractivity contribution in [2.45, 2.75) is 44.2 Å². The molecule has 164 valence electrons. The standard InChI is InChI=1S/C23H21ClN4O4/c1-23(2)31-18-17(11-29-14-5-6-16-13(10-14)4-3-8-25-16)30-22(19(18)32-23)28-9-7-15-20(24)26-12-27-21(15)28/h3-10,12,17-19,22H,11H2,1-2H3/t17-,18-,19-,22-/m1/s1. The van der Waals surface area contributed by atoms with Gasteiger partial charge in [0.1, 0.15) is 47.8 Å². The first-order valence-corrected chi connectivity index (χ1v) is 10.8. The first kappa shape index (κ1) is 19.9. The smallest absolute Gasteiger partial charge is 0.164 e. The Hall–Kier alpha value is -2.78. The second-order valence-corrected chi connectivity index (χ2v) is 8.78. The van der Waals surface area contributed by atoms with E-state index < -0.39 is 12.0 Å². The fraction of sp³-hybridized carbons (Fsp3) is 0.348. The van der Waals surface area contributed by atoms with Crippen molar-refractivity contribution >= 4 is 33.5 Å². The van der Waals surface area contributed by atoms with Crippen LogP contribution in [0.3, 0.4) is 0 Å². The zero-order chi connectivity index (χ0) is 21.9. The maximum Gasteiger partial charge on any atom is 0.164 e. The van der Waals surface area contributed by atoms with Gasteiger partial charge < -0.3 is 23.5 Å². The van der Waals surface area contributed by atoms with E-state index in [1.165, 1.54) is 6.33 Å². The molecular formula is C23H21ClN4O4. The van der Waals surface area contributed by atoms with Crippen LogP contribution in [0.15, 0.2) is 55.1 Å². The number of fused-ring (bicyclic) bond motifs is 3. The third-order valence-corrected chi connectivity index (χ3v) is 6.15. The first-order valence-electron chi connectivity index (χ1n) is 10.4. The van der Waals surface area contributed by atoms with Crippen molar-refractivity contribution in [1.29, 1.82) is 0 Å². The fourth-order valence-electron chi connectivity index (χ4n) is 4.48. The van der Waals surface area contributed by atoms with Crippen LogP contribution < -0.4 is 4.74 Å². The summed E-state index contributed by atoms with van der Waals surface area (Å²) in [5, 5.41) is 2.18. The molecular weight excluding hydrogens is 432 g/mol. The zero-order valence-electron chi connectivity index (χ0n) is 17.5. The molecule has 4 atom stereocenters. The second-order valence-electron chi connectivity index (χ2n) is 8.42. The lowest BCUT2D eigenvalue weighted by molar-refractivity contribution is -0.198. The molecule has 32 heavy (non-hydrogen) atoms. The summed E-state index contributed by atoms with van der Waals surface area (Å²) < 4.78 is 26.8. The summed E-state index contributed by atoms with van der Waals surface area (Å²) in [6.45, 7) is 4.13. The molecule has 3 aromatic heterocycles. The summed E-state index contributed by atoms with van der Waals surface area (Å²) in [5.74, 6) is 0.0259. The van der Waals surface area contributed by atoms with Crippen molar-refractivity contribution in [3.8, 4) is 5.75 Å². The van der Waals surface area contributed by atoms with Crippen LogP contribution in [-0.2, 0) is 14.2 Å². The van der Waals surface area contributed by atoms with Crippen LogP contribution in [0, 0.1) is 0 Å². The summed E-state index contributed by atoms with van der Waals surface area (Å²) in [7, 11) is 0. The zero-order valence-corrected chi connectivity index (χ0v) is 18.3. The molecule has 2 saturated heterocycles. The van der Waals surface area contributed by atoms with E-state index in [2.05, 4.69) is 15.0 Å². The molecule has 2 fully saturated rings. The number of ether oxygens (including phenoxy) is 4. The van der Waals surface area contributed by atoms with Crippen LogP contribution in [0.4, 0.5) is 0 Å². The minimum Gasteiger partial charge on any atom is -0.491 e. The average molecular weight is 453 g/mol. The van der Waals surface area contributed by atoms with Gasteiger partial charge in [-0.2, -0.15) is 0 Å². The topological polar surface area (TPSA) is 80.5 Å². The predicted octanol–water partition coefficient (Wildman–Crippen LogP) is 4.13. The van der Waals surface area contributed by atoms with E-state index in [-0.39, 0.29) is 18.3 Å². The average Bonchev–Trinajstić information content (AvgIpc) is 3.44. The van der Waals surface area contributed by atoms with Gasteiger partial charge in [0.25, 0.3) is 0 Å². The van der Waals surface area contributed by atoms with Crippen LogP contribution in [0.5, 0.6) is 5.75 Å². The molecule has 0 saturated carbocycles. The summed E-state index contributed by atoms with van der Waals surface area (Å²) in [5.41, 5.74) is 1.61. The lowest BCUT2D eigenvalue weighted by Crippen LogP contribution is -2.33. The van der Waals surface area contributed by atoms with Crippen molar-refractivity contribution in [3.63, 3.8) is 0 Å². The predicted molar refractivity (Wildman–Crippen MR) is 118 cm³/mol. The van der Waals surface area contributed by atoms with Crippen molar-refractivity contribution in [2.24, 2.45) is 0 Å². The Labute approximate surface area is 189 Å². The van der Waals surface area contributed by atoms with Crippen LogP contribution >= 0.6 is 11.6 Å². The van der Waals surface area contributed by atoms with E-state index in [1.807, 2.05) is 61.0 Å². The highest BCUT2D eigenvalue weighted by Crippen LogP contribution is 2.44. The highest BCUT2D eigenvalue weighted by atomic mass is 35.5. The Balaban J connectivity index is 1.28. The summed E-state index contributed by atoms with van der Waals surface area (Å²) in [4.78, 5) is 12.8. The van der Waals surface area contributed by atoms with Gasteiger partial charge in [-0.15, -0.1) is 0 Å². The summed E-state index contributed by atoms with van der Waals surface area (Å²) in [6, 6.07) is 11.6. The van der Waals surface area contributed by atoms with Gasteiger partial charge in [-0.3, -0.25) is 4.98 Å². The van der Waals surface area contributed by atoms with Crippen molar-refractivity contribution < 1.29 is 18.9 Å². The van der Waals surface area contributed by atoms with E-state index in [0.717, 1.165) is 22.0 Å². The molecule has 0 bridgehead atoms. The molecule has 5 heterocycles. The lowest BCUT2D eigenvalue weighted by Gasteiger charge is -2.25. The van der Waals surface area contributed by atoms with E-state index in [9.17, 15) is 0 Å². The molecule has 8 nitrogen and oxygen atoms in total. The van der Waals surface area contributed by atoms with Gasteiger partial charge in [0.05, 0.1) is 10.9 Å². The highest BCUT2D eigenvalue weighted by Gasteiger charge is 2.56. The summed E-state index contributed by atoms with van der Waals surface area (Å²) in [6.07, 6.45) is 3.75. The Morgan fingerprint density at radius 3 is 2.88 bits per heavy atom. The molecule has 1 aromatic carbocycles. The molecule has 2 aliphatic rings. The van der Waals surface area contributed by atoms with E-state index in [0.29, 0.717) is 17.4 Å². The van der Waals surface area contributed by atoms with Gasteiger partial charge in [-0.1, -0.05) is 17.7 Å². The number of aromatic nitrogens is 4. The minimum absolute atomic E-state index is 0.285. The first-order chi connectivity index (χ1) is 15.5. The second kappa shape index (κ2) is 7.38. The Bertz CT molecular complexity index is 1310. The number of pyridine rings is 1. The quantitative estimate of drug-likeness (QED) is 0.430. The number of halogens is 1. The molecule has 0 amide bonds. The van der Waals surface area contributed by atoms with Crippen LogP contribution in [0.25, 0.3) is 21.9 Å². The maximum atomic E-state index is 6.40. The molecule has 0 N–H and O–H groups in total. The molecule has 0 radical (unpaired) electrons. The van der Waals surface area contributed by atoms with Crippen LogP contribution in [0.2, 0.25) is 5.15 Å². The van der Waals surface area contributed by atoms with Gasteiger partial charge in [0.15, 0.2) is 12.0 Å². The molecule has 9 heteroatoms. The maximum absolute atomic E-state index is 6.40. The Kier molecular flexibility index (Phi) is 4.58. The number of benzene rings is 1. The van der Waals surface area contributed by atoms with Gasteiger partial charge in [0.2, 0.25) is 0 Å². The van der Waals surface area contributed by atoms with Crippen molar-refractivity contribution in [3.05, 3.63) is 60.3 Å². The third kappa shape index (κ3) is 3.31. The van der Waals surface area contributed by atoms with Crippen LogP contribution in [-0.4, -0.2) is 50.2 Å². The SMILES string of the molecule is CC1(C)O[C@@H]2[C@H](O1)[C@@H](COc1ccc3ncccc3c1)O[C@H]2n1ccc2c(Cl)ncnc21. The normalized spacial score (nSPS) is 26.6. The Morgan fingerprint density at radius 1 is 1.09 bits per heavy atom. The molecule has 0 unspecified atom stereocenters. The van der Waals surface area contributed by atoms with Gasteiger partial charge >= 0.3 is 0 Å². The third-order valence-electron chi connectivity index (χ3n) is 5.85. The molecule has 2 aliphatic heterocycles. The monoisotopic (exact) mass is 452 g/mol. The minimum atomic E-state index is -0.722. The largest absolute Gasteiger partial charge is 0.491 e. The van der Waals surface area contributed by atoms with Crippen LogP contribution in [0.1, 0.15) is 20.1 Å². The fourth-order valence-corrected chi connectivity index (χ4v) is 4.68. The highest BCUT2D eigenvalue weighted by molar-refractivity contribution is 6.33. The van der Waals surface area contributed by atoms with Gasteiger partial charge in [0, 0.05) is 17.8 Å². The number of hydrogen-bond donors (Lipinski definition) is 0. The van der Waals surface area contributed by atoms with E-state index >= 15 is 0 Å². The number of nitrogens with zero attached hydrogens (tertiary/aromatic N) is 4. The van der Waals surface area contributed by atoms with Gasteiger partial charge in [-0.25, -0.2) is 9.97 Å². The number of hydrogen-bond acceptors (Lipinski definition) is 7. The van der Waals surface area contributed by atoms with E-state index in [1.54, 1.807) is 6.20 Å². The molecule has 4 aromatic rings. The van der Waals surface area contributed by atoms with Gasteiger partial charge in [-0.05, 0) is 44.2 Å². The molecule has 6 rings (SSSR count). The lowest BCUT2D eigenvalue weighted by atomic mass is 10.1. The van der Waals surface area contributed by atoms with Crippen molar-refractivity contribution in [2.75, 3.05) is 6.61 Å².